The van der Waals surface area contributed by atoms with E-state index in [2.05, 4.69) is 42.3 Å². The summed E-state index contributed by atoms with van der Waals surface area (Å²) in [5, 5.41) is 2.90. The number of nitrogens with one attached hydrogen (secondary N) is 1. The first-order valence-electron chi connectivity index (χ1n) is 8.96. The molecule has 2 rings (SSSR count). The molecule has 138 valence electrons. The van der Waals surface area contributed by atoms with Gasteiger partial charge < -0.3 is 10.2 Å². The van der Waals surface area contributed by atoms with E-state index in [4.69, 9.17) is 0 Å². The molecule has 2 amide bonds. The van der Waals surface area contributed by atoms with Crippen molar-refractivity contribution < 1.29 is 9.59 Å². The van der Waals surface area contributed by atoms with Crippen LogP contribution in [0.3, 0.4) is 0 Å². The van der Waals surface area contributed by atoms with Crippen molar-refractivity contribution in [2.24, 2.45) is 0 Å². The number of aryl methyl sites for hydroxylation is 2. The zero-order chi connectivity index (χ0) is 18.2. The predicted octanol–water partition coefficient (Wildman–Crippen LogP) is 2.07. The van der Waals surface area contributed by atoms with Crippen LogP contribution in [-0.4, -0.2) is 66.6 Å². The lowest BCUT2D eigenvalue weighted by Crippen LogP contribution is -2.51. The van der Waals surface area contributed by atoms with Gasteiger partial charge in [0.1, 0.15) is 0 Å². The Balaban J connectivity index is 1.73. The predicted molar refractivity (Wildman–Crippen MR) is 103 cm³/mol. The highest BCUT2D eigenvalue weighted by Crippen LogP contribution is 2.23. The molecule has 0 atom stereocenters. The molecule has 1 aromatic rings. The van der Waals surface area contributed by atoms with Crippen LogP contribution >= 0.6 is 11.8 Å². The summed E-state index contributed by atoms with van der Waals surface area (Å²) >= 11 is 1.61. The minimum Gasteiger partial charge on any atom is -0.355 e. The maximum Gasteiger partial charge on any atom is 0.234 e. The minimum absolute atomic E-state index is 0.0760. The van der Waals surface area contributed by atoms with E-state index in [1.807, 2.05) is 11.8 Å². The molecule has 0 unspecified atom stereocenters. The lowest BCUT2D eigenvalue weighted by Gasteiger charge is -2.34. The molecule has 0 aromatic heterocycles. The molecule has 1 fully saturated rings. The number of nitrogens with zero attached hydrogens (tertiary/aromatic N) is 2. The Morgan fingerprint density at radius 3 is 2.52 bits per heavy atom. The van der Waals surface area contributed by atoms with Gasteiger partial charge in [-0.05, 0) is 31.9 Å². The third-order valence-electron chi connectivity index (χ3n) is 4.35. The number of hydrogen-bond acceptors (Lipinski definition) is 4. The van der Waals surface area contributed by atoms with Gasteiger partial charge in [0.2, 0.25) is 11.8 Å². The second kappa shape index (κ2) is 9.82. The quantitative estimate of drug-likeness (QED) is 0.754. The topological polar surface area (TPSA) is 52.7 Å². The molecule has 1 aliphatic rings. The van der Waals surface area contributed by atoms with Crippen LogP contribution in [0.15, 0.2) is 23.1 Å². The molecular weight excluding hydrogens is 334 g/mol. The first kappa shape index (κ1) is 19.8. The van der Waals surface area contributed by atoms with Crippen molar-refractivity contribution in [1.29, 1.82) is 0 Å². The molecule has 1 N–H and O–H groups in total. The molecule has 0 bridgehead atoms. The van der Waals surface area contributed by atoms with E-state index in [9.17, 15) is 9.59 Å². The Hall–Kier alpha value is -1.53. The van der Waals surface area contributed by atoms with E-state index < -0.39 is 0 Å². The molecule has 0 saturated carbocycles. The Kier molecular flexibility index (Phi) is 7.78. The summed E-state index contributed by atoms with van der Waals surface area (Å²) in [6.07, 6.45) is 0.951. The van der Waals surface area contributed by atoms with Gasteiger partial charge in [0.15, 0.2) is 0 Å². The first-order chi connectivity index (χ1) is 12.0. The number of rotatable bonds is 7. The molecule has 0 aliphatic carbocycles. The average molecular weight is 364 g/mol. The number of benzene rings is 1. The van der Waals surface area contributed by atoms with Crippen LogP contribution in [0.4, 0.5) is 0 Å². The second-order valence-electron chi connectivity index (χ2n) is 6.56. The SMILES string of the molecule is CCCNC(=O)CN1CCN(C(=O)CSc2ccc(C)cc2C)CC1. The van der Waals surface area contributed by atoms with Crippen molar-refractivity contribution in [2.75, 3.05) is 45.0 Å². The molecule has 25 heavy (non-hydrogen) atoms. The van der Waals surface area contributed by atoms with Crippen LogP contribution in [0.2, 0.25) is 0 Å². The number of thioether (sulfide) groups is 1. The van der Waals surface area contributed by atoms with Crippen molar-refractivity contribution in [3.05, 3.63) is 29.3 Å². The van der Waals surface area contributed by atoms with E-state index in [0.29, 0.717) is 25.4 Å². The summed E-state index contributed by atoms with van der Waals surface area (Å²) in [5.41, 5.74) is 2.47. The molecular formula is C19H29N3O2S. The van der Waals surface area contributed by atoms with Crippen LogP contribution in [-0.2, 0) is 9.59 Å². The fraction of sp³-hybridized carbons (Fsp3) is 0.579. The van der Waals surface area contributed by atoms with Gasteiger partial charge in [-0.25, -0.2) is 0 Å². The zero-order valence-electron chi connectivity index (χ0n) is 15.5. The summed E-state index contributed by atoms with van der Waals surface area (Å²) in [6.45, 7) is 10.3. The van der Waals surface area contributed by atoms with Crippen LogP contribution < -0.4 is 5.32 Å². The van der Waals surface area contributed by atoms with E-state index in [-0.39, 0.29) is 11.8 Å². The Labute approximate surface area is 155 Å². The number of piperazine rings is 1. The third-order valence-corrected chi connectivity index (χ3v) is 5.51. The van der Waals surface area contributed by atoms with Crippen LogP contribution in [0.5, 0.6) is 0 Å². The zero-order valence-corrected chi connectivity index (χ0v) is 16.3. The highest BCUT2D eigenvalue weighted by atomic mass is 32.2. The maximum atomic E-state index is 12.4. The standard InChI is InChI=1S/C19H29N3O2S/c1-4-7-20-18(23)13-21-8-10-22(11-9-21)19(24)14-25-17-6-5-15(2)12-16(17)3/h5-6,12H,4,7-11,13-14H2,1-3H3,(H,20,23). The summed E-state index contributed by atoms with van der Waals surface area (Å²) < 4.78 is 0. The van der Waals surface area contributed by atoms with Gasteiger partial charge in [0.05, 0.1) is 12.3 Å². The van der Waals surface area contributed by atoms with Crippen molar-refractivity contribution >= 4 is 23.6 Å². The summed E-state index contributed by atoms with van der Waals surface area (Å²) in [4.78, 5) is 29.4. The molecule has 1 saturated heterocycles. The van der Waals surface area contributed by atoms with E-state index in [1.165, 1.54) is 16.0 Å². The first-order valence-corrected chi connectivity index (χ1v) is 9.95. The van der Waals surface area contributed by atoms with E-state index in [0.717, 1.165) is 26.1 Å². The van der Waals surface area contributed by atoms with Crippen molar-refractivity contribution in [1.82, 2.24) is 15.1 Å². The molecule has 0 radical (unpaired) electrons. The Bertz CT molecular complexity index is 598. The number of amides is 2. The fourth-order valence-electron chi connectivity index (χ4n) is 2.87. The number of carbonyl (C=O) groups excluding carboxylic acids is 2. The van der Waals surface area contributed by atoms with Gasteiger partial charge in [-0.2, -0.15) is 0 Å². The molecule has 1 aliphatic heterocycles. The van der Waals surface area contributed by atoms with E-state index >= 15 is 0 Å². The van der Waals surface area contributed by atoms with Crippen LogP contribution in [0, 0.1) is 13.8 Å². The van der Waals surface area contributed by atoms with Crippen molar-refractivity contribution in [2.45, 2.75) is 32.1 Å². The molecule has 6 heteroatoms. The smallest absolute Gasteiger partial charge is 0.234 e. The molecule has 5 nitrogen and oxygen atoms in total. The monoisotopic (exact) mass is 363 g/mol. The average Bonchev–Trinajstić information content (AvgIpc) is 2.59. The summed E-state index contributed by atoms with van der Waals surface area (Å²) in [6, 6.07) is 6.33. The Morgan fingerprint density at radius 1 is 1.16 bits per heavy atom. The molecule has 1 heterocycles. The molecule has 0 spiro atoms. The van der Waals surface area contributed by atoms with E-state index in [1.54, 1.807) is 11.8 Å². The number of carbonyl (C=O) groups is 2. The van der Waals surface area contributed by atoms with Crippen LogP contribution in [0.1, 0.15) is 24.5 Å². The third kappa shape index (κ3) is 6.36. The normalized spacial score (nSPS) is 15.2. The van der Waals surface area contributed by atoms with Crippen molar-refractivity contribution in [3.8, 4) is 0 Å². The lowest BCUT2D eigenvalue weighted by molar-refractivity contribution is -0.130. The largest absolute Gasteiger partial charge is 0.355 e. The highest BCUT2D eigenvalue weighted by Gasteiger charge is 2.22. The van der Waals surface area contributed by atoms with Crippen LogP contribution in [0.25, 0.3) is 0 Å². The second-order valence-corrected chi connectivity index (χ2v) is 7.58. The van der Waals surface area contributed by atoms with Gasteiger partial charge in [0, 0.05) is 37.6 Å². The maximum absolute atomic E-state index is 12.4. The minimum atomic E-state index is 0.0760. The molecule has 1 aromatic carbocycles. The van der Waals surface area contributed by atoms with Gasteiger partial charge in [-0.3, -0.25) is 14.5 Å². The van der Waals surface area contributed by atoms with Gasteiger partial charge in [0.25, 0.3) is 0 Å². The fourth-order valence-corrected chi connectivity index (χ4v) is 3.78. The van der Waals surface area contributed by atoms with Gasteiger partial charge >= 0.3 is 0 Å². The van der Waals surface area contributed by atoms with Gasteiger partial charge in [-0.15, -0.1) is 11.8 Å². The highest BCUT2D eigenvalue weighted by molar-refractivity contribution is 8.00. The van der Waals surface area contributed by atoms with Crippen molar-refractivity contribution in [3.63, 3.8) is 0 Å². The number of hydrogen-bond donors (Lipinski definition) is 1. The Morgan fingerprint density at radius 2 is 1.88 bits per heavy atom. The van der Waals surface area contributed by atoms with Gasteiger partial charge in [-0.1, -0.05) is 24.6 Å². The lowest BCUT2D eigenvalue weighted by atomic mass is 10.2. The summed E-state index contributed by atoms with van der Waals surface area (Å²) in [5.74, 6) is 0.730. The summed E-state index contributed by atoms with van der Waals surface area (Å²) in [7, 11) is 0.